The Balaban J connectivity index is 1.55. The Bertz CT molecular complexity index is 1250. The minimum absolute atomic E-state index is 0.0539. The lowest BCUT2D eigenvalue weighted by molar-refractivity contribution is 0.208. The number of hydrogen-bond acceptors (Lipinski definition) is 5. The zero-order chi connectivity index (χ0) is 22.7. The molecule has 0 aliphatic heterocycles. The summed E-state index contributed by atoms with van der Waals surface area (Å²) in [4.78, 5) is 23.0. The quantitative estimate of drug-likeness (QED) is 0.382. The third kappa shape index (κ3) is 4.47. The van der Waals surface area contributed by atoms with Gasteiger partial charge in [0.1, 0.15) is 18.0 Å². The van der Waals surface area contributed by atoms with Crippen LogP contribution in [-0.2, 0) is 6.54 Å². The summed E-state index contributed by atoms with van der Waals surface area (Å²) in [6, 6.07) is 11.3. The standard InChI is InChI=1S/C22H21ClFN7O/c1-13(31(2)22(32)29-14-7-8-19(24)18(23)9-14)17-10-25-21(16-6-4-3-5-15(16)17)26-11-20-27-12-28-30-20/h3-10,12-13H,11H2,1-2H3,(H,25,26)(H,29,32)(H,27,28,30). The van der Waals surface area contributed by atoms with E-state index in [1.807, 2.05) is 31.2 Å². The summed E-state index contributed by atoms with van der Waals surface area (Å²) >= 11 is 5.81. The van der Waals surface area contributed by atoms with E-state index in [1.165, 1.54) is 24.5 Å². The Morgan fingerprint density at radius 1 is 1.22 bits per heavy atom. The smallest absolute Gasteiger partial charge is 0.322 e. The molecule has 164 valence electrons. The SMILES string of the molecule is CC(c1cnc(NCc2nc[nH]n2)c2ccccc12)N(C)C(=O)Nc1ccc(F)c(Cl)c1. The summed E-state index contributed by atoms with van der Waals surface area (Å²) in [5.41, 5.74) is 1.30. The number of halogens is 2. The molecule has 1 unspecified atom stereocenters. The number of aromatic nitrogens is 4. The van der Waals surface area contributed by atoms with E-state index in [0.717, 1.165) is 16.3 Å². The molecule has 0 aliphatic carbocycles. The summed E-state index contributed by atoms with van der Waals surface area (Å²) in [7, 11) is 1.69. The topological polar surface area (TPSA) is 98.8 Å². The number of hydrogen-bond donors (Lipinski definition) is 3. The maximum absolute atomic E-state index is 13.4. The van der Waals surface area contributed by atoms with Crippen molar-refractivity contribution >= 4 is 39.9 Å². The molecule has 2 heterocycles. The van der Waals surface area contributed by atoms with Crippen LogP contribution in [0.1, 0.15) is 24.4 Å². The van der Waals surface area contributed by atoms with E-state index in [0.29, 0.717) is 23.9 Å². The molecular weight excluding hydrogens is 433 g/mol. The minimum atomic E-state index is -0.541. The number of aromatic amines is 1. The molecule has 4 rings (SSSR count). The fourth-order valence-electron chi connectivity index (χ4n) is 3.34. The Hall–Kier alpha value is -3.72. The van der Waals surface area contributed by atoms with Crippen LogP contribution >= 0.6 is 11.6 Å². The molecule has 2 amide bonds. The van der Waals surface area contributed by atoms with Gasteiger partial charge in [0.05, 0.1) is 17.6 Å². The summed E-state index contributed by atoms with van der Waals surface area (Å²) < 4.78 is 13.4. The lowest BCUT2D eigenvalue weighted by atomic mass is 10.0. The van der Waals surface area contributed by atoms with E-state index in [9.17, 15) is 9.18 Å². The number of rotatable bonds is 6. The van der Waals surface area contributed by atoms with Crippen molar-refractivity contribution in [3.8, 4) is 0 Å². The molecule has 0 saturated carbocycles. The van der Waals surface area contributed by atoms with Crippen molar-refractivity contribution in [3.63, 3.8) is 0 Å². The van der Waals surface area contributed by atoms with Crippen molar-refractivity contribution in [1.29, 1.82) is 0 Å². The van der Waals surface area contributed by atoms with Gasteiger partial charge in [-0.05, 0) is 30.5 Å². The van der Waals surface area contributed by atoms with Gasteiger partial charge in [0, 0.05) is 29.9 Å². The van der Waals surface area contributed by atoms with E-state index in [1.54, 1.807) is 18.1 Å². The van der Waals surface area contributed by atoms with Crippen LogP contribution in [0.2, 0.25) is 5.02 Å². The second-order valence-corrected chi connectivity index (χ2v) is 7.63. The number of carbonyl (C=O) groups excluding carboxylic acids is 1. The molecule has 0 spiro atoms. The third-order valence-corrected chi connectivity index (χ3v) is 5.52. The predicted octanol–water partition coefficient (Wildman–Crippen LogP) is 4.98. The van der Waals surface area contributed by atoms with Gasteiger partial charge in [-0.25, -0.2) is 19.2 Å². The summed E-state index contributed by atoms with van der Waals surface area (Å²) in [5.74, 6) is 0.792. The highest BCUT2D eigenvalue weighted by molar-refractivity contribution is 6.31. The number of fused-ring (bicyclic) bond motifs is 1. The Labute approximate surface area is 188 Å². The molecule has 1 atom stereocenters. The van der Waals surface area contributed by atoms with Gasteiger partial charge in [-0.2, -0.15) is 5.10 Å². The van der Waals surface area contributed by atoms with Crippen LogP contribution in [0.3, 0.4) is 0 Å². The van der Waals surface area contributed by atoms with Crippen molar-refractivity contribution in [2.24, 2.45) is 0 Å². The molecule has 8 nitrogen and oxygen atoms in total. The van der Waals surface area contributed by atoms with E-state index in [2.05, 4.69) is 30.8 Å². The largest absolute Gasteiger partial charge is 0.362 e. The normalized spacial score (nSPS) is 11.9. The van der Waals surface area contributed by atoms with Gasteiger partial charge < -0.3 is 15.5 Å². The number of amides is 2. The first-order chi connectivity index (χ1) is 15.4. The monoisotopic (exact) mass is 453 g/mol. The molecule has 10 heteroatoms. The van der Waals surface area contributed by atoms with E-state index in [-0.39, 0.29) is 17.1 Å². The first-order valence-electron chi connectivity index (χ1n) is 9.89. The van der Waals surface area contributed by atoms with Crippen molar-refractivity contribution in [1.82, 2.24) is 25.1 Å². The maximum Gasteiger partial charge on any atom is 0.322 e. The zero-order valence-corrected chi connectivity index (χ0v) is 18.2. The fraction of sp³-hybridized carbons (Fsp3) is 0.182. The number of carbonyl (C=O) groups is 1. The first kappa shape index (κ1) is 21.5. The Morgan fingerprint density at radius 3 is 2.72 bits per heavy atom. The molecular formula is C22H21ClFN7O. The van der Waals surface area contributed by atoms with Gasteiger partial charge in [-0.1, -0.05) is 35.9 Å². The molecule has 0 radical (unpaired) electrons. The maximum atomic E-state index is 13.4. The lowest BCUT2D eigenvalue weighted by Gasteiger charge is -2.27. The van der Waals surface area contributed by atoms with Crippen LogP contribution in [0.4, 0.5) is 20.7 Å². The number of anilines is 2. The van der Waals surface area contributed by atoms with Crippen LogP contribution in [0.15, 0.2) is 55.0 Å². The average molecular weight is 454 g/mol. The predicted molar refractivity (Wildman–Crippen MR) is 122 cm³/mol. The number of benzene rings is 2. The van der Waals surface area contributed by atoms with Gasteiger partial charge >= 0.3 is 6.03 Å². The number of nitrogens with one attached hydrogen (secondary N) is 3. The van der Waals surface area contributed by atoms with Crippen LogP contribution in [0.5, 0.6) is 0 Å². The van der Waals surface area contributed by atoms with Gasteiger partial charge in [0.2, 0.25) is 0 Å². The zero-order valence-electron chi connectivity index (χ0n) is 17.4. The van der Waals surface area contributed by atoms with Gasteiger partial charge in [0.15, 0.2) is 5.82 Å². The average Bonchev–Trinajstić information content (AvgIpc) is 3.32. The number of nitrogens with zero attached hydrogens (tertiary/aromatic N) is 4. The van der Waals surface area contributed by atoms with Crippen molar-refractivity contribution in [3.05, 3.63) is 77.2 Å². The van der Waals surface area contributed by atoms with Gasteiger partial charge in [-0.15, -0.1) is 0 Å². The van der Waals surface area contributed by atoms with Gasteiger partial charge in [-0.3, -0.25) is 5.10 Å². The summed E-state index contributed by atoms with van der Waals surface area (Å²) in [6.07, 6.45) is 3.28. The van der Waals surface area contributed by atoms with Crippen LogP contribution < -0.4 is 10.6 Å². The van der Waals surface area contributed by atoms with Crippen LogP contribution in [0, 0.1) is 5.82 Å². The number of pyridine rings is 1. The fourth-order valence-corrected chi connectivity index (χ4v) is 3.52. The highest BCUT2D eigenvalue weighted by Gasteiger charge is 2.21. The second-order valence-electron chi connectivity index (χ2n) is 7.22. The molecule has 3 N–H and O–H groups in total. The van der Waals surface area contributed by atoms with Gasteiger partial charge in [0.25, 0.3) is 0 Å². The number of urea groups is 1. The molecule has 0 aliphatic rings. The van der Waals surface area contributed by atoms with Crippen LogP contribution in [0.25, 0.3) is 10.8 Å². The highest BCUT2D eigenvalue weighted by atomic mass is 35.5. The summed E-state index contributed by atoms with van der Waals surface area (Å²) in [5, 5.41) is 14.6. The van der Waals surface area contributed by atoms with Crippen molar-refractivity contribution in [2.75, 3.05) is 17.7 Å². The van der Waals surface area contributed by atoms with E-state index < -0.39 is 5.82 Å². The van der Waals surface area contributed by atoms with Crippen LogP contribution in [-0.4, -0.2) is 38.1 Å². The number of H-pyrrole nitrogens is 1. The van der Waals surface area contributed by atoms with E-state index in [4.69, 9.17) is 11.6 Å². The third-order valence-electron chi connectivity index (χ3n) is 5.23. The molecule has 4 aromatic rings. The van der Waals surface area contributed by atoms with E-state index >= 15 is 0 Å². The molecule has 32 heavy (non-hydrogen) atoms. The Kier molecular flexibility index (Phi) is 6.18. The first-order valence-corrected chi connectivity index (χ1v) is 10.3. The van der Waals surface area contributed by atoms with Crippen molar-refractivity contribution in [2.45, 2.75) is 19.5 Å². The molecule has 2 aromatic carbocycles. The molecule has 2 aromatic heterocycles. The summed E-state index contributed by atoms with van der Waals surface area (Å²) in [6.45, 7) is 2.35. The van der Waals surface area contributed by atoms with Crippen molar-refractivity contribution < 1.29 is 9.18 Å². The second kappa shape index (κ2) is 9.19. The molecule has 0 bridgehead atoms. The highest BCUT2D eigenvalue weighted by Crippen LogP contribution is 2.31. The molecule has 0 fully saturated rings. The Morgan fingerprint density at radius 2 is 2.00 bits per heavy atom. The minimum Gasteiger partial charge on any atom is -0.362 e. The molecule has 0 saturated heterocycles. The lowest BCUT2D eigenvalue weighted by Crippen LogP contribution is -2.33.